The molecule has 0 N–H and O–H groups in total. The van der Waals surface area contributed by atoms with Crippen LogP contribution in [0.4, 0.5) is 4.39 Å². The summed E-state index contributed by atoms with van der Waals surface area (Å²) in [6.45, 7) is 8.21. The Kier molecular flexibility index (Phi) is 6.53. The first kappa shape index (κ1) is 16.2. The van der Waals surface area contributed by atoms with Gasteiger partial charge in [0.05, 0.1) is 0 Å². The standard InChI is InChI=1S/C16H28FNO/c1-5-7-9-10-12-16(4,11-8-6-2)14-15(17)18-13(3)19-14/h5-12H2,1-4H3. The molecule has 1 rings (SSSR count). The molecule has 0 spiro atoms. The molecule has 1 heterocycles. The van der Waals surface area contributed by atoms with Crippen molar-refractivity contribution in [2.45, 2.75) is 84.5 Å². The van der Waals surface area contributed by atoms with Crippen molar-refractivity contribution in [1.29, 1.82) is 0 Å². The quantitative estimate of drug-likeness (QED) is 0.550. The summed E-state index contributed by atoms with van der Waals surface area (Å²) >= 11 is 0. The summed E-state index contributed by atoms with van der Waals surface area (Å²) in [5.41, 5.74) is -0.199. The molecule has 0 aliphatic heterocycles. The Morgan fingerprint density at radius 2 is 1.68 bits per heavy atom. The van der Waals surface area contributed by atoms with E-state index in [1.807, 2.05) is 0 Å². The van der Waals surface area contributed by atoms with Gasteiger partial charge >= 0.3 is 0 Å². The molecule has 1 aromatic heterocycles. The van der Waals surface area contributed by atoms with Gasteiger partial charge in [0.25, 0.3) is 5.95 Å². The van der Waals surface area contributed by atoms with Crippen LogP contribution in [0.25, 0.3) is 0 Å². The fourth-order valence-electron chi connectivity index (χ4n) is 2.63. The largest absolute Gasteiger partial charge is 0.442 e. The summed E-state index contributed by atoms with van der Waals surface area (Å²) in [4.78, 5) is 3.80. The van der Waals surface area contributed by atoms with Crippen LogP contribution in [-0.2, 0) is 5.41 Å². The number of oxazole rings is 1. The van der Waals surface area contributed by atoms with E-state index >= 15 is 0 Å². The number of aryl methyl sites for hydroxylation is 1. The molecule has 110 valence electrons. The highest BCUT2D eigenvalue weighted by molar-refractivity contribution is 5.11. The Bertz CT molecular complexity index is 375. The van der Waals surface area contributed by atoms with E-state index in [1.54, 1.807) is 6.92 Å². The zero-order chi connectivity index (χ0) is 14.3. The summed E-state index contributed by atoms with van der Waals surface area (Å²) in [7, 11) is 0. The third-order valence-electron chi connectivity index (χ3n) is 3.91. The Balaban J connectivity index is 2.76. The maximum Gasteiger partial charge on any atom is 0.255 e. The lowest BCUT2D eigenvalue weighted by Gasteiger charge is -2.27. The van der Waals surface area contributed by atoms with Crippen molar-refractivity contribution < 1.29 is 8.81 Å². The van der Waals surface area contributed by atoms with Crippen molar-refractivity contribution in [3.63, 3.8) is 0 Å². The van der Waals surface area contributed by atoms with E-state index < -0.39 is 5.95 Å². The third kappa shape index (κ3) is 4.63. The SMILES string of the molecule is CCCCCCC(C)(CCCC)c1oc(C)nc1F. The van der Waals surface area contributed by atoms with E-state index in [0.29, 0.717) is 11.7 Å². The van der Waals surface area contributed by atoms with Gasteiger partial charge in [0.2, 0.25) is 0 Å². The van der Waals surface area contributed by atoms with E-state index in [0.717, 1.165) is 32.1 Å². The van der Waals surface area contributed by atoms with Gasteiger partial charge in [0.15, 0.2) is 11.7 Å². The molecular weight excluding hydrogens is 241 g/mol. The Labute approximate surface area is 116 Å². The summed E-state index contributed by atoms with van der Waals surface area (Å²) in [6.07, 6.45) is 9.01. The van der Waals surface area contributed by atoms with E-state index in [1.165, 1.54) is 19.3 Å². The lowest BCUT2D eigenvalue weighted by Crippen LogP contribution is -2.22. The summed E-state index contributed by atoms with van der Waals surface area (Å²) < 4.78 is 19.5. The molecule has 1 atom stereocenters. The molecule has 2 nitrogen and oxygen atoms in total. The number of unbranched alkanes of at least 4 members (excludes halogenated alkanes) is 4. The monoisotopic (exact) mass is 269 g/mol. The van der Waals surface area contributed by atoms with Gasteiger partial charge in [0, 0.05) is 12.3 Å². The minimum Gasteiger partial charge on any atom is -0.442 e. The van der Waals surface area contributed by atoms with Crippen molar-refractivity contribution >= 4 is 0 Å². The molecule has 0 radical (unpaired) electrons. The molecule has 0 aromatic carbocycles. The van der Waals surface area contributed by atoms with Crippen LogP contribution >= 0.6 is 0 Å². The second-order valence-corrected chi connectivity index (χ2v) is 5.83. The van der Waals surface area contributed by atoms with Crippen LogP contribution in [0.2, 0.25) is 0 Å². The number of rotatable bonds is 9. The molecule has 0 fully saturated rings. The third-order valence-corrected chi connectivity index (χ3v) is 3.91. The number of aromatic nitrogens is 1. The van der Waals surface area contributed by atoms with Gasteiger partial charge in [0.1, 0.15) is 0 Å². The second kappa shape index (κ2) is 7.66. The predicted octanol–water partition coefficient (Wildman–Crippen LogP) is 5.54. The number of hydrogen-bond acceptors (Lipinski definition) is 2. The molecule has 1 aromatic rings. The minimum atomic E-state index is -0.411. The van der Waals surface area contributed by atoms with Crippen LogP contribution < -0.4 is 0 Å². The molecule has 1 unspecified atom stereocenters. The van der Waals surface area contributed by atoms with Crippen molar-refractivity contribution in [3.05, 3.63) is 17.6 Å². The second-order valence-electron chi connectivity index (χ2n) is 5.83. The fraction of sp³-hybridized carbons (Fsp3) is 0.812. The smallest absolute Gasteiger partial charge is 0.255 e. The highest BCUT2D eigenvalue weighted by Gasteiger charge is 2.33. The van der Waals surface area contributed by atoms with Crippen molar-refractivity contribution in [2.24, 2.45) is 0 Å². The lowest BCUT2D eigenvalue weighted by atomic mass is 9.78. The van der Waals surface area contributed by atoms with E-state index in [9.17, 15) is 4.39 Å². The average Bonchev–Trinajstić information content (AvgIpc) is 2.72. The molecule has 3 heteroatoms. The lowest BCUT2D eigenvalue weighted by molar-refractivity contribution is 0.282. The predicted molar refractivity (Wildman–Crippen MR) is 76.8 cm³/mol. The highest BCUT2D eigenvalue weighted by Crippen LogP contribution is 2.37. The van der Waals surface area contributed by atoms with Crippen molar-refractivity contribution in [3.8, 4) is 0 Å². The zero-order valence-electron chi connectivity index (χ0n) is 12.9. The maximum absolute atomic E-state index is 13.9. The van der Waals surface area contributed by atoms with Gasteiger partial charge in [-0.25, -0.2) is 0 Å². The fourth-order valence-corrected chi connectivity index (χ4v) is 2.63. The van der Waals surface area contributed by atoms with Gasteiger partial charge in [-0.1, -0.05) is 59.3 Å². The average molecular weight is 269 g/mol. The van der Waals surface area contributed by atoms with Crippen LogP contribution in [0.3, 0.4) is 0 Å². The van der Waals surface area contributed by atoms with Gasteiger partial charge < -0.3 is 4.42 Å². The highest BCUT2D eigenvalue weighted by atomic mass is 19.1. The van der Waals surface area contributed by atoms with Gasteiger partial charge in [-0.15, -0.1) is 0 Å². The van der Waals surface area contributed by atoms with Gasteiger partial charge in [-0.3, -0.25) is 0 Å². The number of nitrogens with zero attached hydrogens (tertiary/aromatic N) is 1. The van der Waals surface area contributed by atoms with Crippen molar-refractivity contribution in [1.82, 2.24) is 4.98 Å². The van der Waals surface area contributed by atoms with Gasteiger partial charge in [-0.2, -0.15) is 9.37 Å². The van der Waals surface area contributed by atoms with Crippen LogP contribution in [0.15, 0.2) is 4.42 Å². The Hall–Kier alpha value is -0.860. The van der Waals surface area contributed by atoms with E-state index in [4.69, 9.17) is 4.42 Å². The Morgan fingerprint density at radius 1 is 1.05 bits per heavy atom. The molecule has 0 saturated carbocycles. The topological polar surface area (TPSA) is 26.0 Å². The summed E-state index contributed by atoms with van der Waals surface area (Å²) in [6, 6.07) is 0. The van der Waals surface area contributed by atoms with Crippen LogP contribution in [-0.4, -0.2) is 4.98 Å². The maximum atomic E-state index is 13.9. The van der Waals surface area contributed by atoms with Crippen LogP contribution in [0, 0.1) is 12.9 Å². The molecule has 0 aliphatic rings. The minimum absolute atomic E-state index is 0.199. The first-order valence-corrected chi connectivity index (χ1v) is 7.67. The normalized spacial score (nSPS) is 14.6. The molecule has 0 amide bonds. The van der Waals surface area contributed by atoms with Crippen LogP contribution in [0.1, 0.15) is 83.8 Å². The first-order valence-electron chi connectivity index (χ1n) is 7.67. The van der Waals surface area contributed by atoms with Crippen LogP contribution in [0.5, 0.6) is 0 Å². The van der Waals surface area contributed by atoms with E-state index in [-0.39, 0.29) is 5.41 Å². The van der Waals surface area contributed by atoms with Gasteiger partial charge in [-0.05, 0) is 12.8 Å². The zero-order valence-corrected chi connectivity index (χ0v) is 12.9. The number of hydrogen-bond donors (Lipinski definition) is 0. The summed E-state index contributed by atoms with van der Waals surface area (Å²) in [5.74, 6) is 0.491. The molecule has 0 aliphatic carbocycles. The summed E-state index contributed by atoms with van der Waals surface area (Å²) in [5, 5.41) is 0. The Morgan fingerprint density at radius 3 is 2.21 bits per heavy atom. The molecule has 0 bridgehead atoms. The van der Waals surface area contributed by atoms with Crippen molar-refractivity contribution in [2.75, 3.05) is 0 Å². The molecular formula is C16H28FNO. The molecule has 19 heavy (non-hydrogen) atoms. The number of halogens is 1. The van der Waals surface area contributed by atoms with E-state index in [2.05, 4.69) is 25.8 Å². The molecule has 0 saturated heterocycles. The first-order chi connectivity index (χ1) is 9.03.